The molecule has 3 N–H and O–H groups in total. The van der Waals surface area contributed by atoms with Gasteiger partial charge in [0.05, 0.1) is 0 Å². The molecule has 2 heterocycles. The first kappa shape index (κ1) is 9.60. The van der Waals surface area contributed by atoms with E-state index in [4.69, 9.17) is 5.73 Å². The maximum atomic E-state index is 11.3. The molecule has 2 rings (SSSR count). The van der Waals surface area contributed by atoms with Crippen molar-refractivity contribution in [3.05, 3.63) is 38.4 Å². The monoisotopic (exact) mass is 220 g/mol. The second-order valence-corrected chi connectivity index (χ2v) is 3.75. The molecule has 0 aliphatic heterocycles. The normalized spacial score (nSPS) is 10.9. The Morgan fingerprint density at radius 3 is 2.93 bits per heavy atom. The van der Waals surface area contributed by atoms with Gasteiger partial charge in [-0.2, -0.15) is 0 Å². The Balaban J connectivity index is 2.29. The molecule has 0 unspecified atom stereocenters. The zero-order chi connectivity index (χ0) is 10.7. The number of thiophene rings is 1. The van der Waals surface area contributed by atoms with Crippen LogP contribution in [0.1, 0.15) is 10.6 Å². The van der Waals surface area contributed by atoms with Gasteiger partial charge in [-0.15, -0.1) is 21.5 Å². The molecule has 0 saturated heterocycles. The fourth-order valence-electron chi connectivity index (χ4n) is 1.01. The first-order valence-corrected chi connectivity index (χ1v) is 5.08. The zero-order valence-electron chi connectivity index (χ0n) is 7.68. The smallest absolute Gasteiger partial charge is 0.278 e. The maximum Gasteiger partial charge on any atom is 0.278 e. The average Bonchev–Trinajstić information content (AvgIpc) is 2.69. The van der Waals surface area contributed by atoms with Crippen molar-refractivity contribution in [2.24, 2.45) is 0 Å². The molecular formula is C9H8N4OS. The maximum absolute atomic E-state index is 11.3. The van der Waals surface area contributed by atoms with Crippen LogP contribution in [0.2, 0.25) is 0 Å². The molecule has 0 aliphatic rings. The molecule has 0 saturated carbocycles. The van der Waals surface area contributed by atoms with Crippen LogP contribution in [0.5, 0.6) is 0 Å². The van der Waals surface area contributed by atoms with Crippen molar-refractivity contribution in [1.29, 1.82) is 0 Å². The van der Waals surface area contributed by atoms with Crippen LogP contribution in [0.25, 0.3) is 12.2 Å². The van der Waals surface area contributed by atoms with Gasteiger partial charge in [-0.25, -0.2) is 0 Å². The van der Waals surface area contributed by atoms with Crippen LogP contribution in [0.4, 0.5) is 5.95 Å². The quantitative estimate of drug-likeness (QED) is 0.790. The highest BCUT2D eigenvalue weighted by Gasteiger charge is 1.98. The lowest BCUT2D eigenvalue weighted by Gasteiger charge is -1.91. The van der Waals surface area contributed by atoms with Gasteiger partial charge in [-0.05, 0) is 23.6 Å². The summed E-state index contributed by atoms with van der Waals surface area (Å²) >= 11 is 1.58. The van der Waals surface area contributed by atoms with Crippen LogP contribution in [0.3, 0.4) is 0 Å². The van der Waals surface area contributed by atoms with Crippen molar-refractivity contribution >= 4 is 29.4 Å². The summed E-state index contributed by atoms with van der Waals surface area (Å²) in [6.45, 7) is 0. The van der Waals surface area contributed by atoms with E-state index in [-0.39, 0.29) is 17.2 Å². The Morgan fingerprint density at radius 2 is 2.27 bits per heavy atom. The predicted molar refractivity (Wildman–Crippen MR) is 60.3 cm³/mol. The SMILES string of the molecule is Nc1nnc(/C=C/c2cccs2)c(=O)[nH]1. The van der Waals surface area contributed by atoms with Gasteiger partial charge in [0.15, 0.2) is 5.69 Å². The minimum absolute atomic E-state index is 0.0215. The highest BCUT2D eigenvalue weighted by atomic mass is 32.1. The molecule has 0 radical (unpaired) electrons. The van der Waals surface area contributed by atoms with Gasteiger partial charge in [-0.3, -0.25) is 9.78 Å². The van der Waals surface area contributed by atoms with E-state index in [1.165, 1.54) is 0 Å². The van der Waals surface area contributed by atoms with Crippen molar-refractivity contribution in [1.82, 2.24) is 15.2 Å². The minimum Gasteiger partial charge on any atom is -0.368 e. The average molecular weight is 220 g/mol. The first-order chi connectivity index (χ1) is 7.25. The summed E-state index contributed by atoms with van der Waals surface area (Å²) in [6, 6.07) is 3.88. The number of anilines is 1. The zero-order valence-corrected chi connectivity index (χ0v) is 8.49. The van der Waals surface area contributed by atoms with Gasteiger partial charge >= 0.3 is 0 Å². The van der Waals surface area contributed by atoms with E-state index in [1.54, 1.807) is 23.5 Å². The second-order valence-electron chi connectivity index (χ2n) is 2.77. The van der Waals surface area contributed by atoms with Gasteiger partial charge in [0.2, 0.25) is 5.95 Å². The van der Waals surface area contributed by atoms with Crippen molar-refractivity contribution in [3.8, 4) is 0 Å². The third-order valence-electron chi connectivity index (χ3n) is 1.69. The molecule has 0 aliphatic carbocycles. The Hall–Kier alpha value is -1.95. The molecule has 0 spiro atoms. The standard InChI is InChI=1S/C9H8N4OS/c10-9-11-8(14)7(12-13-9)4-3-6-2-1-5-15-6/h1-5H,(H3,10,11,13,14)/b4-3+. The number of H-pyrrole nitrogens is 1. The largest absolute Gasteiger partial charge is 0.368 e. The van der Waals surface area contributed by atoms with E-state index in [1.807, 2.05) is 17.5 Å². The van der Waals surface area contributed by atoms with Crippen LogP contribution < -0.4 is 11.3 Å². The number of nitrogens with two attached hydrogens (primary N) is 1. The van der Waals surface area contributed by atoms with E-state index in [9.17, 15) is 4.79 Å². The molecule has 0 fully saturated rings. The highest BCUT2D eigenvalue weighted by molar-refractivity contribution is 7.10. The Bertz CT molecular complexity index is 529. The molecule has 0 aromatic carbocycles. The van der Waals surface area contributed by atoms with E-state index >= 15 is 0 Å². The third kappa shape index (κ3) is 2.29. The number of nitrogens with one attached hydrogen (secondary N) is 1. The Kier molecular flexibility index (Phi) is 2.59. The summed E-state index contributed by atoms with van der Waals surface area (Å²) in [7, 11) is 0. The molecule has 0 bridgehead atoms. The number of hydrogen-bond acceptors (Lipinski definition) is 5. The summed E-state index contributed by atoms with van der Waals surface area (Å²) in [5.74, 6) is 0.0215. The second kappa shape index (κ2) is 4.05. The van der Waals surface area contributed by atoms with Gasteiger partial charge in [0, 0.05) is 4.88 Å². The number of nitrogens with zero attached hydrogens (tertiary/aromatic N) is 2. The summed E-state index contributed by atoms with van der Waals surface area (Å²) in [5.41, 5.74) is 5.18. The Morgan fingerprint density at radius 1 is 1.40 bits per heavy atom. The fourth-order valence-corrected chi connectivity index (χ4v) is 1.63. The molecule has 15 heavy (non-hydrogen) atoms. The predicted octanol–water partition coefficient (Wildman–Crippen LogP) is 0.979. The summed E-state index contributed by atoms with van der Waals surface area (Å²) in [6.07, 6.45) is 3.41. The lowest BCUT2D eigenvalue weighted by molar-refractivity contribution is 0.947. The summed E-state index contributed by atoms with van der Waals surface area (Å²) in [5, 5.41) is 9.20. The highest BCUT2D eigenvalue weighted by Crippen LogP contribution is 2.11. The topological polar surface area (TPSA) is 84.7 Å². The first-order valence-electron chi connectivity index (χ1n) is 4.20. The minimum atomic E-state index is -0.338. The summed E-state index contributed by atoms with van der Waals surface area (Å²) in [4.78, 5) is 14.7. The van der Waals surface area contributed by atoms with Gasteiger partial charge < -0.3 is 5.73 Å². The van der Waals surface area contributed by atoms with E-state index in [0.29, 0.717) is 0 Å². The molecule has 5 nitrogen and oxygen atoms in total. The van der Waals surface area contributed by atoms with Crippen LogP contribution >= 0.6 is 11.3 Å². The van der Waals surface area contributed by atoms with Crippen LogP contribution in [0, 0.1) is 0 Å². The van der Waals surface area contributed by atoms with Crippen LogP contribution in [-0.2, 0) is 0 Å². The van der Waals surface area contributed by atoms with Crippen LogP contribution in [-0.4, -0.2) is 15.2 Å². The molecule has 76 valence electrons. The van der Waals surface area contributed by atoms with Crippen molar-refractivity contribution < 1.29 is 0 Å². The molecular weight excluding hydrogens is 212 g/mol. The van der Waals surface area contributed by atoms with Gasteiger partial charge in [0.25, 0.3) is 5.56 Å². The lowest BCUT2D eigenvalue weighted by Crippen LogP contribution is -2.15. The van der Waals surface area contributed by atoms with Gasteiger partial charge in [-0.1, -0.05) is 6.07 Å². The molecule has 2 aromatic rings. The van der Waals surface area contributed by atoms with E-state index in [0.717, 1.165) is 4.88 Å². The number of aromatic nitrogens is 3. The van der Waals surface area contributed by atoms with Crippen LogP contribution in [0.15, 0.2) is 22.3 Å². The molecule has 2 aromatic heterocycles. The van der Waals surface area contributed by atoms with E-state index in [2.05, 4.69) is 15.2 Å². The van der Waals surface area contributed by atoms with Crippen molar-refractivity contribution in [2.45, 2.75) is 0 Å². The number of aromatic amines is 1. The molecule has 0 amide bonds. The van der Waals surface area contributed by atoms with Gasteiger partial charge in [0.1, 0.15) is 0 Å². The van der Waals surface area contributed by atoms with E-state index < -0.39 is 0 Å². The third-order valence-corrected chi connectivity index (χ3v) is 2.53. The summed E-state index contributed by atoms with van der Waals surface area (Å²) < 4.78 is 0. The molecule has 0 atom stereocenters. The number of nitrogen functional groups attached to an aromatic ring is 1. The Labute approximate surface area is 89.3 Å². The number of rotatable bonds is 2. The van der Waals surface area contributed by atoms with Crippen molar-refractivity contribution in [2.75, 3.05) is 5.73 Å². The number of hydrogen-bond donors (Lipinski definition) is 2. The lowest BCUT2D eigenvalue weighted by atomic mass is 10.3. The fraction of sp³-hybridized carbons (Fsp3) is 0. The van der Waals surface area contributed by atoms with Crippen molar-refractivity contribution in [3.63, 3.8) is 0 Å². The molecule has 6 heteroatoms.